The molecule has 4 rings (SSSR count). The van der Waals surface area contributed by atoms with Crippen molar-refractivity contribution in [1.82, 2.24) is 20.2 Å². The summed E-state index contributed by atoms with van der Waals surface area (Å²) in [5.41, 5.74) is 2.18. The second-order valence-electron chi connectivity index (χ2n) is 8.76. The topological polar surface area (TPSA) is 111 Å². The zero-order chi connectivity index (χ0) is 26.9. The lowest BCUT2D eigenvalue weighted by molar-refractivity contribution is -0.120. The summed E-state index contributed by atoms with van der Waals surface area (Å²) in [7, 11) is 0. The summed E-state index contributed by atoms with van der Waals surface area (Å²) in [5.74, 6) is 0.926. The van der Waals surface area contributed by atoms with Gasteiger partial charge in [0.25, 0.3) is 0 Å². The predicted molar refractivity (Wildman–Crippen MR) is 156 cm³/mol. The molecule has 1 saturated heterocycles. The molecule has 200 valence electrons. The average molecular weight is 621 g/mol. The Hall–Kier alpha value is -3.08. The van der Waals surface area contributed by atoms with E-state index in [9.17, 15) is 9.59 Å². The number of nitrogens with zero attached hydrogens (tertiary/aromatic N) is 3. The molecule has 12 heteroatoms. The Bertz CT molecular complexity index is 1290. The maximum Gasteiger partial charge on any atom is 0.321 e. The lowest BCUT2D eigenvalue weighted by Gasteiger charge is -2.16. The summed E-state index contributed by atoms with van der Waals surface area (Å²) in [4.78, 5) is 35.3. The van der Waals surface area contributed by atoms with Gasteiger partial charge in [-0.25, -0.2) is 9.78 Å². The van der Waals surface area contributed by atoms with E-state index in [4.69, 9.17) is 23.2 Å². The van der Waals surface area contributed by atoms with Gasteiger partial charge in [-0.15, -0.1) is 0 Å². The minimum Gasteiger partial charge on any atom is -0.369 e. The SMILES string of the molecule is O=C(Cc1ccc(Cl)cc1Cl)NCCCNc1nc(Nc2cccc(NC(=O)N3CCCC3)c2)ncc1Br. The molecule has 1 fully saturated rings. The second-order valence-corrected chi connectivity index (χ2v) is 10.5. The van der Waals surface area contributed by atoms with Gasteiger partial charge in [-0.3, -0.25) is 4.79 Å². The fraction of sp³-hybridized carbons (Fsp3) is 0.308. The second kappa shape index (κ2) is 13.6. The van der Waals surface area contributed by atoms with Gasteiger partial charge in [0.15, 0.2) is 0 Å². The summed E-state index contributed by atoms with van der Waals surface area (Å²) in [6, 6.07) is 12.4. The molecule has 0 spiro atoms. The quantitative estimate of drug-likeness (QED) is 0.205. The number of hydrogen-bond acceptors (Lipinski definition) is 6. The van der Waals surface area contributed by atoms with E-state index in [1.807, 2.05) is 29.2 Å². The molecule has 0 unspecified atom stereocenters. The highest BCUT2D eigenvalue weighted by atomic mass is 79.9. The van der Waals surface area contributed by atoms with E-state index in [2.05, 4.69) is 47.2 Å². The molecule has 1 aromatic heterocycles. The van der Waals surface area contributed by atoms with Crippen molar-refractivity contribution >= 4 is 74.2 Å². The van der Waals surface area contributed by atoms with Crippen LogP contribution < -0.4 is 21.3 Å². The highest BCUT2D eigenvalue weighted by Gasteiger charge is 2.17. The Morgan fingerprint density at radius 1 is 1.03 bits per heavy atom. The maximum absolute atomic E-state index is 12.4. The molecule has 3 amide bonds. The first-order valence-corrected chi connectivity index (χ1v) is 13.8. The van der Waals surface area contributed by atoms with Gasteiger partial charge >= 0.3 is 6.03 Å². The number of rotatable bonds is 10. The number of amides is 3. The minimum absolute atomic E-state index is 0.0870. The van der Waals surface area contributed by atoms with Crippen LogP contribution in [0.1, 0.15) is 24.8 Å². The van der Waals surface area contributed by atoms with E-state index in [0.29, 0.717) is 47.0 Å². The summed E-state index contributed by atoms with van der Waals surface area (Å²) >= 11 is 15.5. The van der Waals surface area contributed by atoms with Gasteiger partial charge in [-0.1, -0.05) is 35.3 Å². The molecular weight excluding hydrogens is 593 g/mol. The van der Waals surface area contributed by atoms with Crippen LogP contribution in [0.4, 0.5) is 27.9 Å². The molecule has 1 aliphatic heterocycles. The fourth-order valence-electron chi connectivity index (χ4n) is 3.90. The molecule has 0 bridgehead atoms. The summed E-state index contributed by atoms with van der Waals surface area (Å²) in [5, 5.41) is 13.3. The number of nitrogens with one attached hydrogen (secondary N) is 4. The van der Waals surface area contributed by atoms with E-state index in [0.717, 1.165) is 41.7 Å². The van der Waals surface area contributed by atoms with Crippen LogP contribution in [0.5, 0.6) is 0 Å². The molecule has 1 aliphatic rings. The van der Waals surface area contributed by atoms with Crippen LogP contribution in [-0.4, -0.2) is 53.0 Å². The summed E-state index contributed by atoms with van der Waals surface area (Å²) < 4.78 is 0.719. The molecule has 0 saturated carbocycles. The fourth-order valence-corrected chi connectivity index (χ4v) is 4.71. The maximum atomic E-state index is 12.4. The smallest absolute Gasteiger partial charge is 0.321 e. The van der Waals surface area contributed by atoms with Crippen LogP contribution in [0.25, 0.3) is 0 Å². The predicted octanol–water partition coefficient (Wildman–Crippen LogP) is 6.08. The molecular formula is C26H28BrCl2N7O2. The van der Waals surface area contributed by atoms with Crippen LogP contribution in [0.2, 0.25) is 10.0 Å². The Balaban J connectivity index is 1.23. The number of benzene rings is 2. The van der Waals surface area contributed by atoms with Gasteiger partial charge in [-0.2, -0.15) is 4.98 Å². The zero-order valence-electron chi connectivity index (χ0n) is 20.6. The van der Waals surface area contributed by atoms with E-state index >= 15 is 0 Å². The van der Waals surface area contributed by atoms with Gasteiger partial charge in [-0.05, 0) is 71.1 Å². The summed E-state index contributed by atoms with van der Waals surface area (Å²) in [6.07, 6.45) is 4.63. The van der Waals surface area contributed by atoms with Crippen molar-refractivity contribution in [3.05, 3.63) is 68.7 Å². The van der Waals surface area contributed by atoms with E-state index in [-0.39, 0.29) is 18.4 Å². The average Bonchev–Trinajstić information content (AvgIpc) is 3.43. The third-order valence-corrected chi connectivity index (χ3v) is 7.01. The number of anilines is 4. The monoisotopic (exact) mass is 619 g/mol. The van der Waals surface area contributed by atoms with E-state index < -0.39 is 0 Å². The zero-order valence-corrected chi connectivity index (χ0v) is 23.7. The van der Waals surface area contributed by atoms with Crippen LogP contribution in [0.15, 0.2) is 53.1 Å². The Morgan fingerprint density at radius 2 is 1.82 bits per heavy atom. The number of carbonyl (C=O) groups excluding carboxylic acids is 2. The van der Waals surface area contributed by atoms with Crippen LogP contribution in [0.3, 0.4) is 0 Å². The van der Waals surface area contributed by atoms with E-state index in [1.54, 1.807) is 24.4 Å². The Labute approximate surface area is 239 Å². The van der Waals surface area contributed by atoms with Crippen molar-refractivity contribution in [3.8, 4) is 0 Å². The minimum atomic E-state index is -0.109. The van der Waals surface area contributed by atoms with Crippen LogP contribution >= 0.6 is 39.1 Å². The van der Waals surface area contributed by atoms with E-state index in [1.165, 1.54) is 0 Å². The lowest BCUT2D eigenvalue weighted by atomic mass is 10.1. The highest BCUT2D eigenvalue weighted by Crippen LogP contribution is 2.24. The molecule has 38 heavy (non-hydrogen) atoms. The number of aromatic nitrogens is 2. The lowest BCUT2D eigenvalue weighted by Crippen LogP contribution is -2.32. The van der Waals surface area contributed by atoms with Crippen molar-refractivity contribution in [2.75, 3.05) is 42.1 Å². The van der Waals surface area contributed by atoms with Gasteiger partial charge in [0, 0.05) is 53.8 Å². The van der Waals surface area contributed by atoms with Crippen LogP contribution in [0, 0.1) is 0 Å². The third-order valence-electron chi connectivity index (χ3n) is 5.84. The van der Waals surface area contributed by atoms with Crippen LogP contribution in [-0.2, 0) is 11.2 Å². The van der Waals surface area contributed by atoms with Crippen molar-refractivity contribution in [2.45, 2.75) is 25.7 Å². The van der Waals surface area contributed by atoms with Crippen molar-refractivity contribution in [1.29, 1.82) is 0 Å². The Kier molecular flexibility index (Phi) is 10.0. The first kappa shape index (κ1) is 27.9. The Morgan fingerprint density at radius 3 is 2.61 bits per heavy atom. The highest BCUT2D eigenvalue weighted by molar-refractivity contribution is 9.10. The molecule has 3 aromatic rings. The van der Waals surface area contributed by atoms with Gasteiger partial charge in [0.2, 0.25) is 11.9 Å². The number of hydrogen-bond donors (Lipinski definition) is 4. The normalized spacial score (nSPS) is 12.8. The number of halogens is 3. The standard InChI is InChI=1S/C26H28BrCl2N7O2/c27-21-16-32-25(33-19-5-3-6-20(15-19)34-26(38)36-11-1-2-12-36)35-24(21)31-10-4-9-30-23(37)13-17-7-8-18(28)14-22(17)29/h3,5-8,14-16H,1-2,4,9-13H2,(H,30,37)(H,34,38)(H2,31,32,33,35). The molecule has 0 atom stereocenters. The molecule has 0 radical (unpaired) electrons. The van der Waals surface area contributed by atoms with Crippen molar-refractivity contribution < 1.29 is 9.59 Å². The van der Waals surface area contributed by atoms with Gasteiger partial charge in [0.05, 0.1) is 10.9 Å². The van der Waals surface area contributed by atoms with Crippen molar-refractivity contribution in [3.63, 3.8) is 0 Å². The van der Waals surface area contributed by atoms with Gasteiger partial charge < -0.3 is 26.2 Å². The number of urea groups is 1. The molecule has 9 nitrogen and oxygen atoms in total. The molecule has 2 aromatic carbocycles. The molecule has 0 aliphatic carbocycles. The number of likely N-dealkylation sites (tertiary alicyclic amines) is 1. The van der Waals surface area contributed by atoms with Crippen molar-refractivity contribution in [2.24, 2.45) is 0 Å². The largest absolute Gasteiger partial charge is 0.369 e. The third kappa shape index (κ3) is 8.21. The first-order valence-electron chi connectivity index (χ1n) is 12.3. The molecule has 2 heterocycles. The number of carbonyl (C=O) groups is 2. The van der Waals surface area contributed by atoms with Gasteiger partial charge in [0.1, 0.15) is 5.82 Å². The summed E-state index contributed by atoms with van der Waals surface area (Å²) in [6.45, 7) is 2.67. The first-order chi connectivity index (χ1) is 18.4. The molecule has 4 N–H and O–H groups in total.